The highest BCUT2D eigenvalue weighted by molar-refractivity contribution is 5.58. The zero-order valence-corrected chi connectivity index (χ0v) is 10.9. The lowest BCUT2D eigenvalue weighted by Crippen LogP contribution is -2.55. The quantitative estimate of drug-likeness (QED) is 0.641. The molecule has 0 aromatic heterocycles. The van der Waals surface area contributed by atoms with Crippen molar-refractivity contribution < 1.29 is 28.5 Å². The summed E-state index contributed by atoms with van der Waals surface area (Å²) in [6, 6.07) is 0. The molecule has 3 rings (SSSR count). The van der Waals surface area contributed by atoms with Crippen LogP contribution in [0.15, 0.2) is 0 Å². The summed E-state index contributed by atoms with van der Waals surface area (Å²) in [5.41, 5.74) is 0. The number of fused-ring (bicyclic) bond motifs is 3. The number of carbonyl (C=O) groups is 1. The van der Waals surface area contributed by atoms with E-state index in [2.05, 4.69) is 0 Å². The predicted octanol–water partition coefficient (Wildman–Crippen LogP) is 0.582. The SMILES string of the molecule is CC1(C)OC2C3OC(C)(C)O[C@@H]3C(C=O)O[C@@H]2O1. The topological polar surface area (TPSA) is 63.2 Å². The zero-order chi connectivity index (χ0) is 13.1. The van der Waals surface area contributed by atoms with Crippen molar-refractivity contribution >= 4 is 6.29 Å². The summed E-state index contributed by atoms with van der Waals surface area (Å²) in [6.07, 6.45) is -1.72. The van der Waals surface area contributed by atoms with Gasteiger partial charge in [-0.3, -0.25) is 0 Å². The summed E-state index contributed by atoms with van der Waals surface area (Å²) in [5, 5.41) is 0. The molecule has 0 saturated carbocycles. The van der Waals surface area contributed by atoms with E-state index in [9.17, 15) is 4.79 Å². The van der Waals surface area contributed by atoms with Gasteiger partial charge in [-0.15, -0.1) is 0 Å². The fourth-order valence-corrected chi connectivity index (χ4v) is 2.75. The smallest absolute Gasteiger partial charge is 0.190 e. The molecule has 6 heteroatoms. The lowest BCUT2D eigenvalue weighted by Gasteiger charge is -2.34. The first kappa shape index (κ1) is 12.5. The van der Waals surface area contributed by atoms with Crippen molar-refractivity contribution in [3.8, 4) is 0 Å². The Morgan fingerprint density at radius 2 is 1.39 bits per heavy atom. The molecule has 3 heterocycles. The maximum Gasteiger partial charge on any atom is 0.190 e. The van der Waals surface area contributed by atoms with Gasteiger partial charge in [0.05, 0.1) is 0 Å². The molecule has 0 amide bonds. The fraction of sp³-hybridized carbons (Fsp3) is 0.917. The van der Waals surface area contributed by atoms with Crippen LogP contribution in [0.2, 0.25) is 0 Å². The van der Waals surface area contributed by atoms with E-state index in [-0.39, 0.29) is 12.2 Å². The molecule has 102 valence electrons. The molecule has 3 unspecified atom stereocenters. The Bertz CT molecular complexity index is 366. The Kier molecular flexibility index (Phi) is 2.60. The van der Waals surface area contributed by atoms with Crippen LogP contribution in [0.5, 0.6) is 0 Å². The minimum Gasteiger partial charge on any atom is -0.342 e. The molecule has 3 saturated heterocycles. The third-order valence-electron chi connectivity index (χ3n) is 3.32. The third-order valence-corrected chi connectivity index (χ3v) is 3.32. The molecule has 3 aliphatic heterocycles. The maximum atomic E-state index is 11.1. The van der Waals surface area contributed by atoms with E-state index in [0.717, 1.165) is 6.29 Å². The minimum absolute atomic E-state index is 0.351. The predicted molar refractivity (Wildman–Crippen MR) is 58.6 cm³/mol. The number of aldehydes is 1. The van der Waals surface area contributed by atoms with Crippen molar-refractivity contribution in [1.82, 2.24) is 0 Å². The van der Waals surface area contributed by atoms with Crippen LogP contribution in [0.3, 0.4) is 0 Å². The Labute approximate surface area is 105 Å². The van der Waals surface area contributed by atoms with Gasteiger partial charge in [0, 0.05) is 0 Å². The molecule has 3 aliphatic rings. The average Bonchev–Trinajstić information content (AvgIpc) is 2.71. The van der Waals surface area contributed by atoms with Gasteiger partial charge in [-0.05, 0) is 27.7 Å². The van der Waals surface area contributed by atoms with Crippen LogP contribution in [0, 0.1) is 0 Å². The van der Waals surface area contributed by atoms with Crippen LogP contribution in [0.25, 0.3) is 0 Å². The summed E-state index contributed by atoms with van der Waals surface area (Å²) in [5.74, 6) is -1.49. The summed E-state index contributed by atoms with van der Waals surface area (Å²) >= 11 is 0. The van der Waals surface area contributed by atoms with Gasteiger partial charge < -0.3 is 28.5 Å². The molecule has 0 radical (unpaired) electrons. The molecule has 0 aromatic carbocycles. The molecule has 18 heavy (non-hydrogen) atoms. The standard InChI is InChI=1S/C12H18O6/c1-11(2)15-7-6(5-13)14-10-9(8(7)16-11)17-12(3,4)18-10/h5-10H,1-4H3/t6?,7-,8?,9?,10-/m1/s1. The van der Waals surface area contributed by atoms with Gasteiger partial charge in [-0.2, -0.15) is 0 Å². The van der Waals surface area contributed by atoms with Crippen LogP contribution in [-0.4, -0.2) is 48.6 Å². The van der Waals surface area contributed by atoms with Crippen LogP contribution < -0.4 is 0 Å². The first-order valence-corrected chi connectivity index (χ1v) is 6.13. The molecule has 0 aromatic rings. The summed E-state index contributed by atoms with van der Waals surface area (Å²) in [6.45, 7) is 7.23. The average molecular weight is 258 g/mol. The van der Waals surface area contributed by atoms with Crippen molar-refractivity contribution in [3.05, 3.63) is 0 Å². The molecule has 0 N–H and O–H groups in total. The number of ether oxygens (including phenoxy) is 5. The number of carbonyl (C=O) groups excluding carboxylic acids is 1. The largest absolute Gasteiger partial charge is 0.342 e. The van der Waals surface area contributed by atoms with Crippen LogP contribution >= 0.6 is 0 Å². The highest BCUT2D eigenvalue weighted by atomic mass is 16.9. The van der Waals surface area contributed by atoms with E-state index in [1.165, 1.54) is 0 Å². The Balaban J connectivity index is 1.89. The highest BCUT2D eigenvalue weighted by Gasteiger charge is 2.60. The second-order valence-corrected chi connectivity index (χ2v) is 5.77. The van der Waals surface area contributed by atoms with E-state index in [1.807, 2.05) is 13.8 Å². The molecule has 0 bridgehead atoms. The number of hydrogen-bond acceptors (Lipinski definition) is 6. The van der Waals surface area contributed by atoms with E-state index >= 15 is 0 Å². The van der Waals surface area contributed by atoms with Gasteiger partial charge in [-0.1, -0.05) is 0 Å². The molecule has 5 atom stereocenters. The van der Waals surface area contributed by atoms with E-state index in [4.69, 9.17) is 23.7 Å². The molecule has 6 nitrogen and oxygen atoms in total. The van der Waals surface area contributed by atoms with E-state index < -0.39 is 30.1 Å². The Morgan fingerprint density at radius 3 is 2.06 bits per heavy atom. The van der Waals surface area contributed by atoms with Gasteiger partial charge >= 0.3 is 0 Å². The van der Waals surface area contributed by atoms with Crippen molar-refractivity contribution in [1.29, 1.82) is 0 Å². The summed E-state index contributed by atoms with van der Waals surface area (Å²) in [4.78, 5) is 11.1. The monoisotopic (exact) mass is 258 g/mol. The van der Waals surface area contributed by atoms with Gasteiger partial charge in [0.2, 0.25) is 0 Å². The van der Waals surface area contributed by atoms with E-state index in [0.29, 0.717) is 0 Å². The minimum atomic E-state index is -0.745. The van der Waals surface area contributed by atoms with Crippen LogP contribution in [0.1, 0.15) is 27.7 Å². The Morgan fingerprint density at radius 1 is 0.833 bits per heavy atom. The summed E-state index contributed by atoms with van der Waals surface area (Å²) < 4.78 is 28.5. The molecule has 0 spiro atoms. The lowest BCUT2D eigenvalue weighted by atomic mass is 10.00. The number of rotatable bonds is 1. The zero-order valence-electron chi connectivity index (χ0n) is 10.9. The van der Waals surface area contributed by atoms with Gasteiger partial charge in [0.25, 0.3) is 0 Å². The van der Waals surface area contributed by atoms with Crippen molar-refractivity contribution in [3.63, 3.8) is 0 Å². The normalized spacial score (nSPS) is 48.6. The lowest BCUT2D eigenvalue weighted by molar-refractivity contribution is -0.226. The molecule has 0 aliphatic carbocycles. The van der Waals surface area contributed by atoms with Crippen molar-refractivity contribution in [2.24, 2.45) is 0 Å². The highest BCUT2D eigenvalue weighted by Crippen LogP contribution is 2.43. The van der Waals surface area contributed by atoms with Crippen LogP contribution in [0.4, 0.5) is 0 Å². The second kappa shape index (κ2) is 3.74. The Hall–Kier alpha value is -0.530. The maximum absolute atomic E-state index is 11.1. The fourth-order valence-electron chi connectivity index (χ4n) is 2.75. The van der Waals surface area contributed by atoms with Gasteiger partial charge in [-0.25, -0.2) is 0 Å². The summed E-state index contributed by atoms with van der Waals surface area (Å²) in [7, 11) is 0. The van der Waals surface area contributed by atoms with Crippen LogP contribution in [-0.2, 0) is 28.5 Å². The molecule has 3 fully saturated rings. The third kappa shape index (κ3) is 1.88. The van der Waals surface area contributed by atoms with Crippen molar-refractivity contribution in [2.45, 2.75) is 70.0 Å². The van der Waals surface area contributed by atoms with Gasteiger partial charge in [0.1, 0.15) is 24.4 Å². The first-order valence-electron chi connectivity index (χ1n) is 6.13. The number of hydrogen-bond donors (Lipinski definition) is 0. The first-order chi connectivity index (χ1) is 8.31. The van der Waals surface area contributed by atoms with Crippen molar-refractivity contribution in [2.75, 3.05) is 0 Å². The second-order valence-electron chi connectivity index (χ2n) is 5.77. The molecular formula is C12H18O6. The van der Waals surface area contributed by atoms with Gasteiger partial charge in [0.15, 0.2) is 24.2 Å². The molecular weight excluding hydrogens is 240 g/mol. The van der Waals surface area contributed by atoms with E-state index in [1.54, 1.807) is 13.8 Å².